The third-order valence-corrected chi connectivity index (χ3v) is 4.78. The highest BCUT2D eigenvalue weighted by Gasteiger charge is 2.32. The van der Waals surface area contributed by atoms with Gasteiger partial charge >= 0.3 is 6.18 Å². The van der Waals surface area contributed by atoms with Crippen LogP contribution in [-0.4, -0.2) is 32.4 Å². The van der Waals surface area contributed by atoms with E-state index in [-0.39, 0.29) is 18.0 Å². The molecular weight excluding hydrogens is 305 g/mol. The SMILES string of the molecule is CCCN(CCCN)S(=O)(=O)c1cccc(C(F)(F)F)c1. The molecule has 0 saturated heterocycles. The molecule has 0 amide bonds. The Kier molecular flexibility index (Phi) is 6.18. The monoisotopic (exact) mass is 324 g/mol. The Balaban J connectivity index is 3.15. The molecule has 0 spiro atoms. The minimum absolute atomic E-state index is 0.197. The Hall–Kier alpha value is -1.12. The molecule has 0 bridgehead atoms. The summed E-state index contributed by atoms with van der Waals surface area (Å²) in [6.07, 6.45) is -3.54. The molecule has 8 heteroatoms. The number of benzene rings is 1. The van der Waals surface area contributed by atoms with E-state index in [1.807, 2.05) is 0 Å². The summed E-state index contributed by atoms with van der Waals surface area (Å²) in [7, 11) is -3.94. The predicted molar refractivity (Wildman–Crippen MR) is 74.2 cm³/mol. The fourth-order valence-corrected chi connectivity index (χ4v) is 3.47. The summed E-state index contributed by atoms with van der Waals surface area (Å²) in [6, 6.07) is 3.79. The van der Waals surface area contributed by atoms with E-state index in [1.165, 1.54) is 10.4 Å². The molecule has 0 aromatic heterocycles. The van der Waals surface area contributed by atoms with E-state index in [9.17, 15) is 21.6 Å². The van der Waals surface area contributed by atoms with E-state index in [0.29, 0.717) is 25.5 Å². The van der Waals surface area contributed by atoms with Crippen LogP contribution in [0.2, 0.25) is 0 Å². The van der Waals surface area contributed by atoms with Crippen LogP contribution in [0.5, 0.6) is 0 Å². The number of hydrogen-bond acceptors (Lipinski definition) is 3. The minimum atomic E-state index is -4.57. The highest BCUT2D eigenvalue weighted by atomic mass is 32.2. The normalized spacial score (nSPS) is 12.9. The minimum Gasteiger partial charge on any atom is -0.330 e. The molecule has 0 fully saturated rings. The van der Waals surface area contributed by atoms with Gasteiger partial charge in [0, 0.05) is 13.1 Å². The van der Waals surface area contributed by atoms with Crippen molar-refractivity contribution in [3.63, 3.8) is 0 Å². The van der Waals surface area contributed by atoms with Gasteiger partial charge in [-0.1, -0.05) is 13.0 Å². The van der Waals surface area contributed by atoms with Crippen molar-refractivity contribution in [1.29, 1.82) is 0 Å². The molecular formula is C13H19F3N2O2S. The van der Waals surface area contributed by atoms with Crippen molar-refractivity contribution in [3.05, 3.63) is 29.8 Å². The average Bonchev–Trinajstić information content (AvgIpc) is 2.42. The van der Waals surface area contributed by atoms with Crippen LogP contribution in [0, 0.1) is 0 Å². The van der Waals surface area contributed by atoms with Crippen molar-refractivity contribution in [2.24, 2.45) is 5.73 Å². The van der Waals surface area contributed by atoms with Crippen LogP contribution in [-0.2, 0) is 16.2 Å². The second kappa shape index (κ2) is 7.24. The highest BCUT2D eigenvalue weighted by Crippen LogP contribution is 2.31. The van der Waals surface area contributed by atoms with Crippen molar-refractivity contribution in [1.82, 2.24) is 4.31 Å². The van der Waals surface area contributed by atoms with Gasteiger partial charge < -0.3 is 5.73 Å². The fourth-order valence-electron chi connectivity index (χ4n) is 1.85. The summed E-state index contributed by atoms with van der Waals surface area (Å²) in [5.74, 6) is 0. The number of nitrogens with zero attached hydrogens (tertiary/aromatic N) is 1. The molecule has 0 aliphatic carbocycles. The molecule has 0 saturated carbocycles. The molecule has 0 unspecified atom stereocenters. The summed E-state index contributed by atoms with van der Waals surface area (Å²) < 4.78 is 64.1. The van der Waals surface area contributed by atoms with Gasteiger partial charge in [-0.15, -0.1) is 0 Å². The second-order valence-corrected chi connectivity index (χ2v) is 6.51. The predicted octanol–water partition coefficient (Wildman–Crippen LogP) is 2.45. The van der Waals surface area contributed by atoms with Crippen LogP contribution >= 0.6 is 0 Å². The maximum absolute atomic E-state index is 12.7. The van der Waals surface area contributed by atoms with Crippen molar-refractivity contribution in [2.75, 3.05) is 19.6 Å². The third-order valence-electron chi connectivity index (χ3n) is 2.88. The molecule has 2 N–H and O–H groups in total. The quantitative estimate of drug-likeness (QED) is 0.838. The first-order valence-electron chi connectivity index (χ1n) is 6.61. The van der Waals surface area contributed by atoms with E-state index in [0.717, 1.165) is 12.1 Å². The van der Waals surface area contributed by atoms with E-state index < -0.39 is 21.8 Å². The Labute approximate surface area is 122 Å². The third kappa shape index (κ3) is 4.69. The zero-order valence-corrected chi connectivity index (χ0v) is 12.5. The van der Waals surface area contributed by atoms with Crippen molar-refractivity contribution in [3.8, 4) is 0 Å². The number of rotatable bonds is 7. The van der Waals surface area contributed by atoms with E-state index in [1.54, 1.807) is 6.92 Å². The van der Waals surface area contributed by atoms with Gasteiger partial charge in [-0.05, 0) is 37.6 Å². The summed E-state index contributed by atoms with van der Waals surface area (Å²) in [6.45, 7) is 2.57. The lowest BCUT2D eigenvalue weighted by Gasteiger charge is -2.22. The van der Waals surface area contributed by atoms with Gasteiger partial charge in [0.2, 0.25) is 10.0 Å². The molecule has 120 valence electrons. The smallest absolute Gasteiger partial charge is 0.330 e. The molecule has 0 atom stereocenters. The fraction of sp³-hybridized carbons (Fsp3) is 0.538. The number of alkyl halides is 3. The standard InChI is InChI=1S/C13H19F3N2O2S/c1-2-8-18(9-4-7-17)21(19,20)12-6-3-5-11(10-12)13(14,15)16/h3,5-6,10H,2,4,7-9,17H2,1H3. The van der Waals surface area contributed by atoms with Crippen molar-refractivity contribution < 1.29 is 21.6 Å². The van der Waals surface area contributed by atoms with Crippen molar-refractivity contribution >= 4 is 10.0 Å². The maximum atomic E-state index is 12.7. The molecule has 0 heterocycles. The van der Waals surface area contributed by atoms with Crippen LogP contribution in [0.25, 0.3) is 0 Å². The second-order valence-electron chi connectivity index (χ2n) is 4.57. The topological polar surface area (TPSA) is 63.4 Å². The van der Waals surface area contributed by atoms with Crippen LogP contribution in [0.1, 0.15) is 25.3 Å². The molecule has 21 heavy (non-hydrogen) atoms. The lowest BCUT2D eigenvalue weighted by atomic mass is 10.2. The number of sulfonamides is 1. The largest absolute Gasteiger partial charge is 0.416 e. The van der Waals surface area contributed by atoms with Crippen LogP contribution in [0.4, 0.5) is 13.2 Å². The Morgan fingerprint density at radius 2 is 1.90 bits per heavy atom. The Morgan fingerprint density at radius 3 is 2.43 bits per heavy atom. The van der Waals surface area contributed by atoms with E-state index >= 15 is 0 Å². The molecule has 1 rings (SSSR count). The highest BCUT2D eigenvalue weighted by molar-refractivity contribution is 7.89. The first-order valence-corrected chi connectivity index (χ1v) is 8.05. The van der Waals surface area contributed by atoms with Gasteiger partial charge in [-0.25, -0.2) is 8.42 Å². The molecule has 1 aromatic rings. The Bertz CT molecular complexity index is 559. The van der Waals surface area contributed by atoms with E-state index in [4.69, 9.17) is 5.73 Å². The first kappa shape index (κ1) is 17.9. The van der Waals surface area contributed by atoms with Gasteiger partial charge in [0.15, 0.2) is 0 Å². The lowest BCUT2D eigenvalue weighted by molar-refractivity contribution is -0.137. The van der Waals surface area contributed by atoms with Gasteiger partial charge in [-0.3, -0.25) is 0 Å². The van der Waals surface area contributed by atoms with Crippen LogP contribution in [0.15, 0.2) is 29.2 Å². The molecule has 1 aromatic carbocycles. The van der Waals surface area contributed by atoms with Crippen molar-refractivity contribution in [2.45, 2.75) is 30.8 Å². The Morgan fingerprint density at radius 1 is 1.24 bits per heavy atom. The first-order chi connectivity index (χ1) is 9.73. The van der Waals surface area contributed by atoms with Gasteiger partial charge in [-0.2, -0.15) is 17.5 Å². The van der Waals surface area contributed by atoms with Crippen LogP contribution in [0.3, 0.4) is 0 Å². The molecule has 4 nitrogen and oxygen atoms in total. The number of halogens is 3. The van der Waals surface area contributed by atoms with E-state index in [2.05, 4.69) is 0 Å². The molecule has 0 aliphatic heterocycles. The van der Waals surface area contributed by atoms with Gasteiger partial charge in [0.25, 0.3) is 0 Å². The summed E-state index contributed by atoms with van der Waals surface area (Å²) in [4.78, 5) is -0.345. The zero-order chi connectivity index (χ0) is 16.1. The van der Waals surface area contributed by atoms with Crippen LogP contribution < -0.4 is 5.73 Å². The summed E-state index contributed by atoms with van der Waals surface area (Å²) in [5, 5.41) is 0. The van der Waals surface area contributed by atoms with Gasteiger partial charge in [0.05, 0.1) is 10.5 Å². The zero-order valence-electron chi connectivity index (χ0n) is 11.7. The molecule has 0 radical (unpaired) electrons. The number of nitrogens with two attached hydrogens (primary N) is 1. The maximum Gasteiger partial charge on any atom is 0.416 e. The number of hydrogen-bond donors (Lipinski definition) is 1. The van der Waals surface area contributed by atoms with Gasteiger partial charge in [0.1, 0.15) is 0 Å². The molecule has 0 aliphatic rings. The summed E-state index contributed by atoms with van der Waals surface area (Å²) in [5.41, 5.74) is 4.39. The summed E-state index contributed by atoms with van der Waals surface area (Å²) >= 11 is 0. The average molecular weight is 324 g/mol. The lowest BCUT2D eigenvalue weighted by Crippen LogP contribution is -2.33.